The maximum absolute atomic E-state index is 12.8. The molecule has 0 fully saturated rings. The number of carbonyl (C=O) groups excluding carboxylic acids is 1. The summed E-state index contributed by atoms with van der Waals surface area (Å²) in [5.41, 5.74) is 2.60. The molecule has 0 bridgehead atoms. The summed E-state index contributed by atoms with van der Waals surface area (Å²) < 4.78 is 11.6. The Bertz CT molecular complexity index is 1020. The molecule has 0 aliphatic heterocycles. The van der Waals surface area contributed by atoms with Crippen LogP contribution in [0.3, 0.4) is 0 Å². The molecule has 30 heavy (non-hydrogen) atoms. The molecule has 6 nitrogen and oxygen atoms in total. The number of fused-ring (bicyclic) bond motifs is 1. The standard InChI is InChI=1S/C23H25N3O3S/c1-3-28-20-12-17(7-9-19(20)29-14-16-5-4-10-24-13-16)22(27)26-23-25-18-8-6-15(2)11-21(18)30-23/h4-5,7,9-10,12-13,15H,3,6,8,11,14H2,1-2H3,(H,25,26,27). The number of ether oxygens (including phenoxy) is 2. The number of rotatable bonds is 7. The molecule has 1 aliphatic rings. The lowest BCUT2D eigenvalue weighted by atomic mass is 9.93. The lowest BCUT2D eigenvalue weighted by molar-refractivity contribution is 0.102. The van der Waals surface area contributed by atoms with Crippen LogP contribution in [0.15, 0.2) is 42.7 Å². The third-order valence-electron chi connectivity index (χ3n) is 5.03. The normalized spacial score (nSPS) is 15.3. The second-order valence-electron chi connectivity index (χ2n) is 7.44. The second kappa shape index (κ2) is 9.26. The highest BCUT2D eigenvalue weighted by Crippen LogP contribution is 2.33. The van der Waals surface area contributed by atoms with Crippen molar-refractivity contribution in [1.82, 2.24) is 9.97 Å². The SMILES string of the molecule is CCOc1cc(C(=O)Nc2nc3c(s2)CC(C)CC3)ccc1OCc1cccnc1. The predicted molar refractivity (Wildman–Crippen MR) is 117 cm³/mol. The zero-order valence-corrected chi connectivity index (χ0v) is 18.0. The topological polar surface area (TPSA) is 73.3 Å². The van der Waals surface area contributed by atoms with Crippen molar-refractivity contribution in [2.45, 2.75) is 39.7 Å². The van der Waals surface area contributed by atoms with Crippen LogP contribution in [-0.2, 0) is 19.4 Å². The van der Waals surface area contributed by atoms with E-state index in [4.69, 9.17) is 9.47 Å². The van der Waals surface area contributed by atoms with Gasteiger partial charge in [-0.1, -0.05) is 13.0 Å². The Balaban J connectivity index is 1.47. The molecule has 0 saturated carbocycles. The highest BCUT2D eigenvalue weighted by molar-refractivity contribution is 7.15. The van der Waals surface area contributed by atoms with Crippen LogP contribution < -0.4 is 14.8 Å². The Morgan fingerprint density at radius 3 is 2.97 bits per heavy atom. The predicted octanol–water partition coefficient (Wildman–Crippen LogP) is 4.89. The van der Waals surface area contributed by atoms with Gasteiger partial charge in [0.1, 0.15) is 6.61 Å². The van der Waals surface area contributed by atoms with Gasteiger partial charge in [0.2, 0.25) is 0 Å². The Hall–Kier alpha value is -2.93. The fourth-order valence-electron chi connectivity index (χ4n) is 3.44. The molecule has 1 unspecified atom stereocenters. The van der Waals surface area contributed by atoms with Gasteiger partial charge in [0.05, 0.1) is 12.3 Å². The van der Waals surface area contributed by atoms with Crippen molar-refractivity contribution in [3.05, 3.63) is 64.4 Å². The quantitative estimate of drug-likeness (QED) is 0.586. The largest absolute Gasteiger partial charge is 0.490 e. The molecular weight excluding hydrogens is 398 g/mol. The summed E-state index contributed by atoms with van der Waals surface area (Å²) in [5, 5.41) is 3.60. The number of carbonyl (C=O) groups is 1. The molecular formula is C23H25N3O3S. The Labute approximate surface area is 180 Å². The first kappa shape index (κ1) is 20.3. The third kappa shape index (κ3) is 4.79. The van der Waals surface area contributed by atoms with E-state index in [0.29, 0.717) is 41.3 Å². The van der Waals surface area contributed by atoms with Gasteiger partial charge in [-0.3, -0.25) is 15.1 Å². The molecule has 0 saturated heterocycles. The Morgan fingerprint density at radius 1 is 1.27 bits per heavy atom. The molecule has 3 aromatic rings. The van der Waals surface area contributed by atoms with E-state index in [1.807, 2.05) is 19.1 Å². The molecule has 1 aromatic carbocycles. The average Bonchev–Trinajstić information content (AvgIpc) is 3.15. The smallest absolute Gasteiger partial charge is 0.257 e. The highest BCUT2D eigenvalue weighted by atomic mass is 32.1. The van der Waals surface area contributed by atoms with Crippen molar-refractivity contribution in [2.75, 3.05) is 11.9 Å². The number of hydrogen-bond donors (Lipinski definition) is 1. The van der Waals surface area contributed by atoms with E-state index in [1.165, 1.54) is 4.88 Å². The van der Waals surface area contributed by atoms with Crippen LogP contribution in [0.2, 0.25) is 0 Å². The van der Waals surface area contributed by atoms with Crippen molar-refractivity contribution in [2.24, 2.45) is 5.92 Å². The number of nitrogens with one attached hydrogen (secondary N) is 1. The first-order valence-corrected chi connectivity index (χ1v) is 11.0. The van der Waals surface area contributed by atoms with Crippen LogP contribution in [0, 0.1) is 5.92 Å². The fraction of sp³-hybridized carbons (Fsp3) is 0.348. The van der Waals surface area contributed by atoms with E-state index in [2.05, 4.69) is 22.2 Å². The van der Waals surface area contributed by atoms with Crippen LogP contribution in [-0.4, -0.2) is 22.5 Å². The molecule has 0 spiro atoms. The summed E-state index contributed by atoms with van der Waals surface area (Å²) in [6.45, 7) is 5.01. The second-order valence-corrected chi connectivity index (χ2v) is 8.52. The van der Waals surface area contributed by atoms with Crippen molar-refractivity contribution in [3.8, 4) is 11.5 Å². The molecule has 1 N–H and O–H groups in total. The maximum atomic E-state index is 12.8. The summed E-state index contributed by atoms with van der Waals surface area (Å²) in [5.74, 6) is 1.61. The minimum Gasteiger partial charge on any atom is -0.490 e. The fourth-order valence-corrected chi connectivity index (χ4v) is 4.61. The van der Waals surface area contributed by atoms with Gasteiger partial charge in [-0.05, 0) is 56.4 Å². The third-order valence-corrected chi connectivity index (χ3v) is 6.06. The molecule has 2 heterocycles. The first-order valence-electron chi connectivity index (χ1n) is 10.2. The first-order chi connectivity index (χ1) is 14.6. The van der Waals surface area contributed by atoms with E-state index in [0.717, 1.165) is 30.5 Å². The van der Waals surface area contributed by atoms with Crippen LogP contribution in [0.4, 0.5) is 5.13 Å². The molecule has 156 valence electrons. The van der Waals surface area contributed by atoms with Gasteiger partial charge >= 0.3 is 0 Å². The number of anilines is 1. The maximum Gasteiger partial charge on any atom is 0.257 e. The molecule has 4 rings (SSSR count). The number of pyridine rings is 1. The van der Waals surface area contributed by atoms with E-state index in [1.54, 1.807) is 41.9 Å². The van der Waals surface area contributed by atoms with E-state index in [9.17, 15) is 4.79 Å². The van der Waals surface area contributed by atoms with E-state index < -0.39 is 0 Å². The van der Waals surface area contributed by atoms with Gasteiger partial charge in [-0.15, -0.1) is 11.3 Å². The molecule has 0 radical (unpaired) electrons. The van der Waals surface area contributed by atoms with Crippen molar-refractivity contribution in [3.63, 3.8) is 0 Å². The minimum atomic E-state index is -0.200. The van der Waals surface area contributed by atoms with Gasteiger partial charge < -0.3 is 9.47 Å². The molecule has 2 aromatic heterocycles. The lowest BCUT2D eigenvalue weighted by Crippen LogP contribution is -2.12. The zero-order chi connectivity index (χ0) is 20.9. The number of nitrogens with zero attached hydrogens (tertiary/aromatic N) is 2. The molecule has 1 atom stereocenters. The summed E-state index contributed by atoms with van der Waals surface area (Å²) in [6, 6.07) is 9.04. The number of benzene rings is 1. The summed E-state index contributed by atoms with van der Waals surface area (Å²) in [6.07, 6.45) is 6.67. The minimum absolute atomic E-state index is 0.200. The van der Waals surface area contributed by atoms with Gasteiger partial charge in [0, 0.05) is 28.4 Å². The number of amides is 1. The monoisotopic (exact) mass is 423 g/mol. The van der Waals surface area contributed by atoms with E-state index in [-0.39, 0.29) is 5.91 Å². The molecule has 1 aliphatic carbocycles. The number of aromatic nitrogens is 2. The molecule has 7 heteroatoms. The van der Waals surface area contributed by atoms with Gasteiger partial charge in [0.15, 0.2) is 16.6 Å². The van der Waals surface area contributed by atoms with Crippen LogP contribution in [0.1, 0.15) is 46.8 Å². The van der Waals surface area contributed by atoms with Gasteiger partial charge in [-0.25, -0.2) is 4.98 Å². The van der Waals surface area contributed by atoms with Crippen LogP contribution >= 0.6 is 11.3 Å². The average molecular weight is 424 g/mol. The number of hydrogen-bond acceptors (Lipinski definition) is 6. The number of aryl methyl sites for hydroxylation is 1. The van der Waals surface area contributed by atoms with Crippen molar-refractivity contribution in [1.29, 1.82) is 0 Å². The zero-order valence-electron chi connectivity index (χ0n) is 17.2. The summed E-state index contributed by atoms with van der Waals surface area (Å²) in [7, 11) is 0. The molecule has 1 amide bonds. The van der Waals surface area contributed by atoms with Crippen molar-refractivity contribution >= 4 is 22.4 Å². The highest BCUT2D eigenvalue weighted by Gasteiger charge is 2.21. The van der Waals surface area contributed by atoms with Gasteiger partial charge in [-0.2, -0.15) is 0 Å². The Kier molecular flexibility index (Phi) is 6.28. The Morgan fingerprint density at radius 2 is 2.17 bits per heavy atom. The van der Waals surface area contributed by atoms with Crippen molar-refractivity contribution < 1.29 is 14.3 Å². The summed E-state index contributed by atoms with van der Waals surface area (Å²) in [4.78, 5) is 22.8. The van der Waals surface area contributed by atoms with Crippen LogP contribution in [0.25, 0.3) is 0 Å². The van der Waals surface area contributed by atoms with Crippen LogP contribution in [0.5, 0.6) is 11.5 Å². The van der Waals surface area contributed by atoms with E-state index >= 15 is 0 Å². The summed E-state index contributed by atoms with van der Waals surface area (Å²) >= 11 is 1.58. The number of thiazole rings is 1. The lowest BCUT2D eigenvalue weighted by Gasteiger charge is -2.15. The van der Waals surface area contributed by atoms with Gasteiger partial charge in [0.25, 0.3) is 5.91 Å².